The summed E-state index contributed by atoms with van der Waals surface area (Å²) < 4.78 is 5.79. The highest BCUT2D eigenvalue weighted by molar-refractivity contribution is 5.81. The van der Waals surface area contributed by atoms with Crippen molar-refractivity contribution < 1.29 is 9.53 Å². The third kappa shape index (κ3) is 4.72. The van der Waals surface area contributed by atoms with E-state index < -0.39 is 5.92 Å². The minimum Gasteiger partial charge on any atom is -0.493 e. The van der Waals surface area contributed by atoms with Crippen LogP contribution in [-0.4, -0.2) is 30.5 Å². The first-order chi connectivity index (χ1) is 11.2. The Morgan fingerprint density at radius 3 is 2.74 bits per heavy atom. The van der Waals surface area contributed by atoms with E-state index in [2.05, 4.69) is 19.9 Å². The van der Waals surface area contributed by atoms with Crippen LogP contribution in [0, 0.1) is 23.2 Å². The van der Waals surface area contributed by atoms with Crippen molar-refractivity contribution in [2.45, 2.75) is 39.5 Å². The molecule has 124 valence electrons. The quantitative estimate of drug-likeness (QED) is 0.808. The first kappa shape index (κ1) is 17.3. The molecule has 4 nitrogen and oxygen atoms in total. The van der Waals surface area contributed by atoms with Gasteiger partial charge in [0.1, 0.15) is 11.7 Å². The predicted molar refractivity (Wildman–Crippen MR) is 90.0 cm³/mol. The summed E-state index contributed by atoms with van der Waals surface area (Å²) in [6.07, 6.45) is 3.41. The van der Waals surface area contributed by atoms with Crippen molar-refractivity contribution >= 4 is 5.91 Å². The summed E-state index contributed by atoms with van der Waals surface area (Å²) in [6.45, 7) is 6.24. The monoisotopic (exact) mass is 314 g/mol. The van der Waals surface area contributed by atoms with Crippen molar-refractivity contribution in [3.05, 3.63) is 29.8 Å². The number of carbonyl (C=O) groups excluding carboxylic acids is 1. The van der Waals surface area contributed by atoms with Crippen LogP contribution >= 0.6 is 0 Å². The van der Waals surface area contributed by atoms with E-state index in [1.165, 1.54) is 0 Å². The van der Waals surface area contributed by atoms with E-state index >= 15 is 0 Å². The van der Waals surface area contributed by atoms with Crippen LogP contribution in [0.3, 0.4) is 0 Å². The first-order valence-corrected chi connectivity index (χ1v) is 8.54. The minimum atomic E-state index is -0.600. The summed E-state index contributed by atoms with van der Waals surface area (Å²) in [7, 11) is 0. The number of aryl methyl sites for hydroxylation is 1. The van der Waals surface area contributed by atoms with Gasteiger partial charge in [0.25, 0.3) is 0 Å². The lowest BCUT2D eigenvalue weighted by molar-refractivity contribution is -0.135. The topological polar surface area (TPSA) is 53.3 Å². The SMILES string of the molecule is CCc1ccccc1OCCC(C#N)C(=O)N1CCC(C)CC1. The Labute approximate surface area is 139 Å². The molecule has 0 bridgehead atoms. The molecule has 1 unspecified atom stereocenters. The molecule has 1 heterocycles. The molecule has 4 heteroatoms. The van der Waals surface area contributed by atoms with E-state index in [4.69, 9.17) is 4.74 Å². The first-order valence-electron chi connectivity index (χ1n) is 8.54. The molecule has 0 radical (unpaired) electrons. The van der Waals surface area contributed by atoms with Gasteiger partial charge in [0, 0.05) is 19.5 Å². The lowest BCUT2D eigenvalue weighted by atomic mass is 9.97. The largest absolute Gasteiger partial charge is 0.493 e. The Bertz CT molecular complexity index is 557. The molecule has 1 aromatic carbocycles. The van der Waals surface area contributed by atoms with Crippen LogP contribution in [0.25, 0.3) is 0 Å². The molecule has 1 saturated heterocycles. The molecule has 1 aromatic rings. The van der Waals surface area contributed by atoms with E-state index in [9.17, 15) is 10.1 Å². The number of benzene rings is 1. The van der Waals surface area contributed by atoms with Crippen molar-refractivity contribution in [1.29, 1.82) is 5.26 Å². The molecule has 0 N–H and O–H groups in total. The number of para-hydroxylation sites is 1. The standard InChI is InChI=1S/C19H26N2O2/c1-3-16-6-4-5-7-18(16)23-13-10-17(14-20)19(22)21-11-8-15(2)9-12-21/h4-7,15,17H,3,8-13H2,1-2H3. The van der Waals surface area contributed by atoms with Crippen molar-refractivity contribution in [2.24, 2.45) is 11.8 Å². The molecule has 0 spiro atoms. The van der Waals surface area contributed by atoms with Gasteiger partial charge in [-0.1, -0.05) is 32.0 Å². The highest BCUT2D eigenvalue weighted by Crippen LogP contribution is 2.21. The van der Waals surface area contributed by atoms with E-state index in [1.807, 2.05) is 29.2 Å². The average molecular weight is 314 g/mol. The second kappa shape index (κ2) is 8.57. The average Bonchev–Trinajstić information content (AvgIpc) is 2.59. The summed E-state index contributed by atoms with van der Waals surface area (Å²) >= 11 is 0. The summed E-state index contributed by atoms with van der Waals surface area (Å²) in [4.78, 5) is 14.3. The zero-order valence-electron chi connectivity index (χ0n) is 14.1. The summed E-state index contributed by atoms with van der Waals surface area (Å²) in [5.41, 5.74) is 1.15. The second-order valence-corrected chi connectivity index (χ2v) is 6.29. The molecule has 2 rings (SSSR count). The lowest BCUT2D eigenvalue weighted by Crippen LogP contribution is -2.41. The Kier molecular flexibility index (Phi) is 6.46. The van der Waals surface area contributed by atoms with Crippen LogP contribution in [0.1, 0.15) is 38.7 Å². The van der Waals surface area contributed by atoms with Gasteiger partial charge in [0.2, 0.25) is 5.91 Å². The summed E-state index contributed by atoms with van der Waals surface area (Å²) in [5, 5.41) is 9.32. The van der Waals surface area contributed by atoms with Crippen molar-refractivity contribution in [1.82, 2.24) is 4.90 Å². The molecule has 1 amide bonds. The Hall–Kier alpha value is -2.02. The Morgan fingerprint density at radius 1 is 1.39 bits per heavy atom. The van der Waals surface area contributed by atoms with Crippen molar-refractivity contribution in [3.8, 4) is 11.8 Å². The number of ether oxygens (including phenoxy) is 1. The number of likely N-dealkylation sites (tertiary alicyclic amines) is 1. The van der Waals surface area contributed by atoms with Crippen LogP contribution < -0.4 is 4.74 Å². The van der Waals surface area contributed by atoms with Gasteiger partial charge in [-0.15, -0.1) is 0 Å². The number of nitriles is 1. The fourth-order valence-corrected chi connectivity index (χ4v) is 2.92. The van der Waals surface area contributed by atoms with Crippen molar-refractivity contribution in [2.75, 3.05) is 19.7 Å². The molecule has 0 saturated carbocycles. The van der Waals surface area contributed by atoms with Gasteiger partial charge in [-0.3, -0.25) is 4.79 Å². The highest BCUT2D eigenvalue weighted by Gasteiger charge is 2.27. The zero-order chi connectivity index (χ0) is 16.7. The normalized spacial score (nSPS) is 16.7. The number of rotatable bonds is 6. The molecule has 1 fully saturated rings. The van der Waals surface area contributed by atoms with Crippen molar-refractivity contribution in [3.63, 3.8) is 0 Å². The third-order valence-corrected chi connectivity index (χ3v) is 4.57. The molecular weight excluding hydrogens is 288 g/mol. The second-order valence-electron chi connectivity index (χ2n) is 6.29. The lowest BCUT2D eigenvalue weighted by Gasteiger charge is -2.31. The molecule has 1 aliphatic rings. The fourth-order valence-electron chi connectivity index (χ4n) is 2.92. The van der Waals surface area contributed by atoms with E-state index in [1.54, 1.807) is 0 Å². The number of nitrogens with zero attached hydrogens (tertiary/aromatic N) is 2. The number of hydrogen-bond donors (Lipinski definition) is 0. The molecule has 23 heavy (non-hydrogen) atoms. The predicted octanol–water partition coefficient (Wildman–Crippen LogP) is 3.42. The molecular formula is C19H26N2O2. The molecule has 0 aliphatic carbocycles. The zero-order valence-corrected chi connectivity index (χ0v) is 14.1. The third-order valence-electron chi connectivity index (χ3n) is 4.57. The number of amides is 1. The maximum absolute atomic E-state index is 12.4. The summed E-state index contributed by atoms with van der Waals surface area (Å²) in [5.74, 6) is 0.892. The van der Waals surface area contributed by atoms with E-state index in [-0.39, 0.29) is 5.91 Å². The maximum Gasteiger partial charge on any atom is 0.240 e. The van der Waals surface area contributed by atoms with Crippen LogP contribution in [0.2, 0.25) is 0 Å². The van der Waals surface area contributed by atoms with Crippen LogP contribution in [0.4, 0.5) is 0 Å². The molecule has 0 aromatic heterocycles. The van der Waals surface area contributed by atoms with Gasteiger partial charge in [0.05, 0.1) is 12.7 Å². The van der Waals surface area contributed by atoms with E-state index in [0.717, 1.165) is 43.7 Å². The van der Waals surface area contributed by atoms with Gasteiger partial charge in [-0.25, -0.2) is 0 Å². The van der Waals surface area contributed by atoms with Gasteiger partial charge in [-0.05, 0) is 36.8 Å². The van der Waals surface area contributed by atoms with Gasteiger partial charge in [-0.2, -0.15) is 5.26 Å². The van der Waals surface area contributed by atoms with Crippen LogP contribution in [-0.2, 0) is 11.2 Å². The van der Waals surface area contributed by atoms with E-state index in [0.29, 0.717) is 18.9 Å². The number of hydrogen-bond acceptors (Lipinski definition) is 3. The Balaban J connectivity index is 1.85. The highest BCUT2D eigenvalue weighted by atomic mass is 16.5. The van der Waals surface area contributed by atoms with Gasteiger partial charge in [0.15, 0.2) is 0 Å². The summed E-state index contributed by atoms with van der Waals surface area (Å²) in [6, 6.07) is 10.1. The van der Waals surface area contributed by atoms with Gasteiger partial charge < -0.3 is 9.64 Å². The molecule has 1 aliphatic heterocycles. The minimum absolute atomic E-state index is 0.0354. The van der Waals surface area contributed by atoms with Crippen LogP contribution in [0.15, 0.2) is 24.3 Å². The number of piperidine rings is 1. The smallest absolute Gasteiger partial charge is 0.240 e. The number of carbonyl (C=O) groups is 1. The van der Waals surface area contributed by atoms with Crippen LogP contribution in [0.5, 0.6) is 5.75 Å². The molecule has 1 atom stereocenters. The fraction of sp³-hybridized carbons (Fsp3) is 0.579. The Morgan fingerprint density at radius 2 is 2.09 bits per heavy atom. The maximum atomic E-state index is 12.4. The van der Waals surface area contributed by atoms with Gasteiger partial charge >= 0.3 is 0 Å².